The molecule has 1 N–H and O–H groups in total. The Morgan fingerprint density at radius 1 is 0.875 bits per heavy atom. The van der Waals surface area contributed by atoms with Gasteiger partial charge in [-0.05, 0) is 68.1 Å². The first-order valence-electron chi connectivity index (χ1n) is 10.7. The minimum atomic E-state index is -3.92. The van der Waals surface area contributed by atoms with E-state index in [4.69, 9.17) is 0 Å². The number of aryl methyl sites for hydroxylation is 3. The van der Waals surface area contributed by atoms with Crippen LogP contribution >= 0.6 is 0 Å². The second kappa shape index (κ2) is 10.0. The van der Waals surface area contributed by atoms with Crippen LogP contribution in [0.25, 0.3) is 0 Å². The van der Waals surface area contributed by atoms with E-state index in [1.54, 1.807) is 42.5 Å². The molecule has 0 saturated carbocycles. The lowest BCUT2D eigenvalue weighted by Crippen LogP contribution is -2.42. The van der Waals surface area contributed by atoms with E-state index in [0.717, 1.165) is 22.3 Å². The number of carbonyl (C=O) groups is 1. The quantitative estimate of drug-likeness (QED) is 0.521. The first-order valence-corrected chi connectivity index (χ1v) is 12.2. The third-order valence-corrected chi connectivity index (χ3v) is 7.12. The average molecular weight is 451 g/mol. The molecular weight excluding hydrogens is 420 g/mol. The third-order valence-electron chi connectivity index (χ3n) is 5.34. The van der Waals surface area contributed by atoms with Crippen LogP contribution in [-0.2, 0) is 14.8 Å². The van der Waals surface area contributed by atoms with Crippen molar-refractivity contribution in [1.82, 2.24) is 5.32 Å². The van der Waals surface area contributed by atoms with Gasteiger partial charge in [-0.3, -0.25) is 9.10 Å². The summed E-state index contributed by atoms with van der Waals surface area (Å²) in [6.45, 7) is 7.53. The number of hydrogen-bond donors (Lipinski definition) is 1. The summed E-state index contributed by atoms with van der Waals surface area (Å²) in [7, 11) is -3.92. The van der Waals surface area contributed by atoms with Crippen molar-refractivity contribution in [2.45, 2.75) is 45.1 Å². The monoisotopic (exact) mass is 450 g/mol. The molecule has 168 valence electrons. The molecule has 5 nitrogen and oxygen atoms in total. The number of benzene rings is 3. The lowest BCUT2D eigenvalue weighted by molar-refractivity contribution is -0.120. The van der Waals surface area contributed by atoms with Crippen LogP contribution in [0.3, 0.4) is 0 Å². The van der Waals surface area contributed by atoms with E-state index >= 15 is 0 Å². The number of amides is 1. The molecule has 3 aromatic rings. The fourth-order valence-electron chi connectivity index (χ4n) is 3.72. The maximum atomic E-state index is 13.5. The highest BCUT2D eigenvalue weighted by atomic mass is 32.2. The van der Waals surface area contributed by atoms with Crippen molar-refractivity contribution in [1.29, 1.82) is 0 Å². The van der Waals surface area contributed by atoms with E-state index in [9.17, 15) is 13.2 Å². The van der Waals surface area contributed by atoms with Crippen LogP contribution in [-0.4, -0.2) is 20.9 Å². The highest BCUT2D eigenvalue weighted by Crippen LogP contribution is 2.26. The van der Waals surface area contributed by atoms with Gasteiger partial charge in [-0.2, -0.15) is 0 Å². The van der Waals surface area contributed by atoms with E-state index in [1.807, 2.05) is 58.0 Å². The summed E-state index contributed by atoms with van der Waals surface area (Å²) < 4.78 is 28.2. The highest BCUT2D eigenvalue weighted by molar-refractivity contribution is 7.92. The van der Waals surface area contributed by atoms with Gasteiger partial charge in [-0.25, -0.2) is 8.42 Å². The van der Waals surface area contributed by atoms with Crippen LogP contribution in [0.1, 0.15) is 41.6 Å². The molecule has 1 atom stereocenters. The molecule has 1 amide bonds. The number of rotatable bonds is 8. The van der Waals surface area contributed by atoms with Crippen LogP contribution in [0.2, 0.25) is 0 Å². The summed E-state index contributed by atoms with van der Waals surface area (Å²) in [6, 6.07) is 21.6. The molecule has 6 heteroatoms. The Morgan fingerprint density at radius 3 is 2.03 bits per heavy atom. The van der Waals surface area contributed by atoms with Gasteiger partial charge < -0.3 is 5.32 Å². The Hall–Kier alpha value is -3.12. The van der Waals surface area contributed by atoms with Crippen molar-refractivity contribution in [2.24, 2.45) is 0 Å². The molecule has 0 aromatic heterocycles. The first-order chi connectivity index (χ1) is 15.2. The van der Waals surface area contributed by atoms with E-state index < -0.39 is 10.0 Å². The third kappa shape index (κ3) is 5.56. The van der Waals surface area contributed by atoms with Gasteiger partial charge in [0.25, 0.3) is 10.0 Å². The van der Waals surface area contributed by atoms with Gasteiger partial charge in [0.05, 0.1) is 16.6 Å². The summed E-state index contributed by atoms with van der Waals surface area (Å²) in [6.07, 6.45) is 0.698. The van der Waals surface area contributed by atoms with Crippen molar-refractivity contribution < 1.29 is 13.2 Å². The van der Waals surface area contributed by atoms with Crippen LogP contribution < -0.4 is 9.62 Å². The van der Waals surface area contributed by atoms with Gasteiger partial charge in [0.2, 0.25) is 5.91 Å². The van der Waals surface area contributed by atoms with Gasteiger partial charge in [-0.15, -0.1) is 0 Å². The van der Waals surface area contributed by atoms with Crippen LogP contribution in [0.4, 0.5) is 5.69 Å². The average Bonchev–Trinajstić information content (AvgIpc) is 2.76. The van der Waals surface area contributed by atoms with Crippen LogP contribution in [0, 0.1) is 20.8 Å². The molecule has 0 bridgehead atoms. The van der Waals surface area contributed by atoms with E-state index in [-0.39, 0.29) is 23.4 Å². The Balaban J connectivity index is 1.93. The van der Waals surface area contributed by atoms with Crippen LogP contribution in [0.15, 0.2) is 77.7 Å². The minimum absolute atomic E-state index is 0.150. The van der Waals surface area contributed by atoms with Gasteiger partial charge in [0.1, 0.15) is 6.54 Å². The Bertz CT molecular complexity index is 1150. The van der Waals surface area contributed by atoms with Crippen molar-refractivity contribution in [3.8, 4) is 0 Å². The zero-order valence-corrected chi connectivity index (χ0v) is 19.8. The molecule has 0 aliphatic heterocycles. The normalized spacial score (nSPS) is 12.2. The molecule has 0 saturated heterocycles. The summed E-state index contributed by atoms with van der Waals surface area (Å²) in [5, 5.41) is 3.01. The molecule has 0 aliphatic rings. The number of nitrogens with zero attached hydrogens (tertiary/aromatic N) is 1. The highest BCUT2D eigenvalue weighted by Gasteiger charge is 2.28. The molecule has 0 radical (unpaired) electrons. The molecule has 3 rings (SSSR count). The number of hydrogen-bond acceptors (Lipinski definition) is 3. The molecule has 0 aliphatic carbocycles. The maximum Gasteiger partial charge on any atom is 0.264 e. The summed E-state index contributed by atoms with van der Waals surface area (Å²) in [4.78, 5) is 13.2. The van der Waals surface area contributed by atoms with E-state index in [0.29, 0.717) is 12.1 Å². The SMILES string of the molecule is CCC(NC(=O)CN(c1cc(C)cc(C)c1)S(=O)(=O)c1ccccc1)c1ccc(C)cc1. The van der Waals surface area contributed by atoms with Gasteiger partial charge in [-0.1, -0.05) is 61.0 Å². The number of nitrogens with one attached hydrogen (secondary N) is 1. The fourth-order valence-corrected chi connectivity index (χ4v) is 5.15. The second-order valence-electron chi connectivity index (χ2n) is 8.11. The van der Waals surface area contributed by atoms with Crippen LogP contribution in [0.5, 0.6) is 0 Å². The van der Waals surface area contributed by atoms with E-state index in [1.165, 1.54) is 4.31 Å². The fraction of sp³-hybridized carbons (Fsp3) is 0.269. The molecule has 32 heavy (non-hydrogen) atoms. The van der Waals surface area contributed by atoms with Crippen molar-refractivity contribution in [2.75, 3.05) is 10.8 Å². The van der Waals surface area contributed by atoms with Gasteiger partial charge >= 0.3 is 0 Å². The van der Waals surface area contributed by atoms with Crippen molar-refractivity contribution in [3.63, 3.8) is 0 Å². The number of sulfonamides is 1. The largest absolute Gasteiger partial charge is 0.348 e. The lowest BCUT2D eigenvalue weighted by Gasteiger charge is -2.26. The number of anilines is 1. The summed E-state index contributed by atoms with van der Waals surface area (Å²) in [5.74, 6) is -0.351. The zero-order valence-electron chi connectivity index (χ0n) is 19.0. The number of carbonyl (C=O) groups excluding carboxylic acids is 1. The maximum absolute atomic E-state index is 13.5. The zero-order chi connectivity index (χ0) is 23.3. The Kier molecular flexibility index (Phi) is 7.36. The van der Waals surface area contributed by atoms with E-state index in [2.05, 4.69) is 5.32 Å². The topological polar surface area (TPSA) is 66.5 Å². The van der Waals surface area contributed by atoms with Crippen molar-refractivity contribution >= 4 is 21.6 Å². The molecule has 1 unspecified atom stereocenters. The smallest absolute Gasteiger partial charge is 0.264 e. The minimum Gasteiger partial charge on any atom is -0.348 e. The second-order valence-corrected chi connectivity index (χ2v) is 9.97. The van der Waals surface area contributed by atoms with Gasteiger partial charge in [0, 0.05) is 0 Å². The molecule has 0 spiro atoms. The molecular formula is C26H30N2O3S. The molecule has 0 heterocycles. The predicted molar refractivity (Wildman–Crippen MR) is 129 cm³/mol. The summed E-state index contributed by atoms with van der Waals surface area (Å²) in [5.41, 5.74) is 4.48. The predicted octanol–water partition coefficient (Wildman–Crippen LogP) is 5.07. The molecule has 0 fully saturated rings. The first kappa shape index (κ1) is 23.5. The Morgan fingerprint density at radius 2 is 1.47 bits per heavy atom. The lowest BCUT2D eigenvalue weighted by atomic mass is 10.0. The molecule has 3 aromatic carbocycles. The summed E-state index contributed by atoms with van der Waals surface area (Å²) >= 11 is 0. The van der Waals surface area contributed by atoms with Crippen molar-refractivity contribution in [3.05, 3.63) is 95.1 Å². The standard InChI is InChI=1S/C26H30N2O3S/c1-5-25(22-13-11-19(2)12-14-22)27-26(29)18-28(23-16-20(3)15-21(4)17-23)32(30,31)24-9-7-6-8-10-24/h6-17,25H,5,18H2,1-4H3,(H,27,29). The van der Waals surface area contributed by atoms with Gasteiger partial charge in [0.15, 0.2) is 0 Å². The Labute approximate surface area is 191 Å².